The van der Waals surface area contributed by atoms with Gasteiger partial charge in [0, 0.05) is 37.9 Å². The van der Waals surface area contributed by atoms with Crippen LogP contribution in [0.3, 0.4) is 0 Å². The number of amides is 1. The fourth-order valence-corrected chi connectivity index (χ4v) is 3.45. The molecule has 27 heavy (non-hydrogen) atoms. The number of aryl methyl sites for hydroxylation is 2. The molecule has 1 aliphatic rings. The van der Waals surface area contributed by atoms with Crippen LogP contribution in [0.5, 0.6) is 0 Å². The van der Waals surface area contributed by atoms with E-state index >= 15 is 0 Å². The molecule has 3 heterocycles. The van der Waals surface area contributed by atoms with Gasteiger partial charge in [0.2, 0.25) is 0 Å². The molecule has 1 aliphatic heterocycles. The van der Waals surface area contributed by atoms with Crippen LogP contribution in [-0.2, 0) is 26.7 Å². The van der Waals surface area contributed by atoms with Crippen LogP contribution in [0.2, 0.25) is 0 Å². The smallest absolute Gasteiger partial charge is 0.269 e. The number of nitrogens with one attached hydrogen (secondary N) is 3. The molecular formula is C19H23ClN6O. The van der Waals surface area contributed by atoms with Crippen molar-refractivity contribution < 1.29 is 4.79 Å². The van der Waals surface area contributed by atoms with Crippen molar-refractivity contribution in [1.82, 2.24) is 30.6 Å². The molecule has 0 spiro atoms. The number of hydrogen-bond donors (Lipinski definition) is 3. The van der Waals surface area contributed by atoms with Crippen LogP contribution in [0.4, 0.5) is 0 Å². The molecule has 0 unspecified atom stereocenters. The van der Waals surface area contributed by atoms with E-state index in [9.17, 15) is 4.79 Å². The Balaban J connectivity index is 0.00000210. The van der Waals surface area contributed by atoms with E-state index in [1.165, 1.54) is 11.1 Å². The lowest BCUT2D eigenvalue weighted by atomic mass is 10.1. The Morgan fingerprint density at radius 3 is 2.74 bits per heavy atom. The highest BCUT2D eigenvalue weighted by atomic mass is 35.5. The van der Waals surface area contributed by atoms with Gasteiger partial charge in [0.1, 0.15) is 5.69 Å². The van der Waals surface area contributed by atoms with Gasteiger partial charge in [-0.25, -0.2) is 0 Å². The SMILES string of the molecule is Cc1nn(C)c(C)c1-c1cc(C(=O)NCc2ccc3c(c2)CNC3)[nH]n1.Cl. The largest absolute Gasteiger partial charge is 0.347 e. The standard InChI is InChI=1S/C19H22N6O.ClH/c1-11-18(12(2)25(3)24-11)16-7-17(23-22-16)19(26)21-8-13-4-5-14-9-20-10-15(14)6-13;/h4-7,20H,8-10H2,1-3H3,(H,21,26)(H,22,23);1H. The van der Waals surface area contributed by atoms with E-state index in [1.54, 1.807) is 6.07 Å². The molecule has 1 amide bonds. The lowest BCUT2D eigenvalue weighted by Gasteiger charge is -2.06. The Labute approximate surface area is 164 Å². The first-order valence-corrected chi connectivity index (χ1v) is 8.68. The van der Waals surface area contributed by atoms with Gasteiger partial charge in [-0.15, -0.1) is 12.4 Å². The maximum atomic E-state index is 12.5. The average molecular weight is 387 g/mol. The van der Waals surface area contributed by atoms with E-state index in [0.717, 1.165) is 41.3 Å². The topological polar surface area (TPSA) is 87.6 Å². The van der Waals surface area contributed by atoms with E-state index in [0.29, 0.717) is 12.2 Å². The van der Waals surface area contributed by atoms with Crippen molar-refractivity contribution in [3.8, 4) is 11.3 Å². The van der Waals surface area contributed by atoms with Gasteiger partial charge in [-0.05, 0) is 36.6 Å². The number of nitrogens with zero attached hydrogens (tertiary/aromatic N) is 3. The second-order valence-corrected chi connectivity index (χ2v) is 6.73. The Bertz CT molecular complexity index is 990. The van der Waals surface area contributed by atoms with Gasteiger partial charge >= 0.3 is 0 Å². The van der Waals surface area contributed by atoms with Gasteiger partial charge in [-0.1, -0.05) is 18.2 Å². The first-order chi connectivity index (χ1) is 12.5. The summed E-state index contributed by atoms with van der Waals surface area (Å²) in [5.41, 5.74) is 7.81. The minimum absolute atomic E-state index is 0. The number of H-pyrrole nitrogens is 1. The summed E-state index contributed by atoms with van der Waals surface area (Å²) in [4.78, 5) is 12.5. The Kier molecular flexibility index (Phi) is 5.34. The molecule has 0 aliphatic carbocycles. The molecule has 3 aromatic rings. The molecule has 3 N–H and O–H groups in total. The van der Waals surface area contributed by atoms with Gasteiger partial charge in [0.15, 0.2) is 0 Å². The average Bonchev–Trinajstić information content (AvgIpc) is 3.33. The molecule has 0 radical (unpaired) electrons. The molecule has 8 heteroatoms. The van der Waals surface area contributed by atoms with E-state index in [1.807, 2.05) is 25.6 Å². The minimum Gasteiger partial charge on any atom is -0.347 e. The summed E-state index contributed by atoms with van der Waals surface area (Å²) in [6, 6.07) is 8.11. The Morgan fingerprint density at radius 2 is 2.00 bits per heavy atom. The fourth-order valence-electron chi connectivity index (χ4n) is 3.45. The monoisotopic (exact) mass is 386 g/mol. The van der Waals surface area contributed by atoms with Gasteiger partial charge in [0.05, 0.1) is 11.4 Å². The number of carbonyl (C=O) groups is 1. The van der Waals surface area contributed by atoms with Crippen molar-refractivity contribution >= 4 is 18.3 Å². The van der Waals surface area contributed by atoms with Crippen molar-refractivity contribution in [2.75, 3.05) is 0 Å². The summed E-state index contributed by atoms with van der Waals surface area (Å²) in [6.45, 7) is 6.24. The molecule has 7 nitrogen and oxygen atoms in total. The van der Waals surface area contributed by atoms with Gasteiger partial charge < -0.3 is 10.6 Å². The number of hydrogen-bond acceptors (Lipinski definition) is 4. The number of aromatic amines is 1. The van der Waals surface area contributed by atoms with Crippen LogP contribution >= 0.6 is 12.4 Å². The van der Waals surface area contributed by atoms with Crippen molar-refractivity contribution in [3.63, 3.8) is 0 Å². The maximum Gasteiger partial charge on any atom is 0.269 e. The highest BCUT2D eigenvalue weighted by molar-refractivity contribution is 5.93. The molecule has 4 rings (SSSR count). The molecule has 0 fully saturated rings. The van der Waals surface area contributed by atoms with E-state index in [2.05, 4.69) is 44.1 Å². The summed E-state index contributed by atoms with van der Waals surface area (Å²) in [6.07, 6.45) is 0. The van der Waals surface area contributed by atoms with Crippen molar-refractivity contribution in [3.05, 3.63) is 58.0 Å². The molecule has 0 bridgehead atoms. The molecule has 2 aromatic heterocycles. The highest BCUT2D eigenvalue weighted by Crippen LogP contribution is 2.25. The van der Waals surface area contributed by atoms with Crippen LogP contribution in [0, 0.1) is 13.8 Å². The van der Waals surface area contributed by atoms with E-state index in [-0.39, 0.29) is 18.3 Å². The predicted molar refractivity (Wildman–Crippen MR) is 106 cm³/mol. The number of rotatable bonds is 4. The van der Waals surface area contributed by atoms with Crippen LogP contribution < -0.4 is 10.6 Å². The third kappa shape index (κ3) is 3.61. The van der Waals surface area contributed by atoms with Crippen molar-refractivity contribution in [2.45, 2.75) is 33.5 Å². The lowest BCUT2D eigenvalue weighted by Crippen LogP contribution is -2.23. The van der Waals surface area contributed by atoms with Crippen LogP contribution in [0.1, 0.15) is 38.6 Å². The molecule has 0 saturated carbocycles. The zero-order valence-corrected chi connectivity index (χ0v) is 16.4. The summed E-state index contributed by atoms with van der Waals surface area (Å²) in [7, 11) is 1.90. The van der Waals surface area contributed by atoms with Crippen LogP contribution in [0.25, 0.3) is 11.3 Å². The summed E-state index contributed by atoms with van der Waals surface area (Å²) >= 11 is 0. The lowest BCUT2D eigenvalue weighted by molar-refractivity contribution is 0.0946. The quantitative estimate of drug-likeness (QED) is 0.642. The van der Waals surface area contributed by atoms with Crippen molar-refractivity contribution in [2.24, 2.45) is 7.05 Å². The normalized spacial score (nSPS) is 12.6. The second kappa shape index (κ2) is 7.54. The van der Waals surface area contributed by atoms with Gasteiger partial charge in [-0.2, -0.15) is 10.2 Å². The Morgan fingerprint density at radius 1 is 1.22 bits per heavy atom. The number of fused-ring (bicyclic) bond motifs is 1. The zero-order chi connectivity index (χ0) is 18.3. The molecule has 0 saturated heterocycles. The molecule has 0 atom stereocenters. The van der Waals surface area contributed by atoms with Crippen LogP contribution in [0.15, 0.2) is 24.3 Å². The molecular weight excluding hydrogens is 364 g/mol. The summed E-state index contributed by atoms with van der Waals surface area (Å²) < 4.78 is 1.82. The number of benzene rings is 1. The number of carbonyl (C=O) groups excluding carboxylic acids is 1. The number of aromatic nitrogens is 4. The van der Waals surface area contributed by atoms with Crippen LogP contribution in [-0.4, -0.2) is 25.9 Å². The second-order valence-electron chi connectivity index (χ2n) is 6.73. The third-order valence-electron chi connectivity index (χ3n) is 4.94. The summed E-state index contributed by atoms with van der Waals surface area (Å²) in [5, 5.41) is 17.8. The van der Waals surface area contributed by atoms with Gasteiger partial charge in [-0.3, -0.25) is 14.6 Å². The minimum atomic E-state index is -0.165. The predicted octanol–water partition coefficient (Wildman–Crippen LogP) is 2.38. The first kappa shape index (κ1) is 19.1. The van der Waals surface area contributed by atoms with Crippen molar-refractivity contribution in [1.29, 1.82) is 0 Å². The fraction of sp³-hybridized carbons (Fsp3) is 0.316. The zero-order valence-electron chi connectivity index (χ0n) is 15.6. The maximum absolute atomic E-state index is 12.5. The van der Waals surface area contributed by atoms with E-state index < -0.39 is 0 Å². The first-order valence-electron chi connectivity index (χ1n) is 8.68. The van der Waals surface area contributed by atoms with E-state index in [4.69, 9.17) is 0 Å². The molecule has 1 aromatic carbocycles. The van der Waals surface area contributed by atoms with Gasteiger partial charge in [0.25, 0.3) is 5.91 Å². The Hall–Kier alpha value is -2.64. The summed E-state index contributed by atoms with van der Waals surface area (Å²) in [5.74, 6) is -0.165. The highest BCUT2D eigenvalue weighted by Gasteiger charge is 2.17. The number of halogens is 1. The molecule has 142 valence electrons. The third-order valence-corrected chi connectivity index (χ3v) is 4.94.